The van der Waals surface area contributed by atoms with E-state index in [4.69, 9.17) is 16.3 Å². The van der Waals surface area contributed by atoms with E-state index in [0.29, 0.717) is 23.5 Å². The Labute approximate surface area is 190 Å². The fourth-order valence-electron chi connectivity index (χ4n) is 4.01. The molecule has 11 heteroatoms. The molecule has 1 fully saturated rings. The van der Waals surface area contributed by atoms with Gasteiger partial charge < -0.3 is 19.3 Å². The lowest BCUT2D eigenvalue weighted by molar-refractivity contribution is -0.127. The minimum Gasteiger partial charge on any atom is -0.503 e. The average molecular weight is 477 g/mol. The van der Waals surface area contributed by atoms with Crippen LogP contribution in [0.2, 0.25) is 5.02 Å². The van der Waals surface area contributed by atoms with Crippen LogP contribution >= 0.6 is 22.9 Å². The first-order chi connectivity index (χ1) is 15.3. The first-order valence-electron chi connectivity index (χ1n) is 10.0. The van der Waals surface area contributed by atoms with Crippen molar-refractivity contribution in [2.75, 3.05) is 6.54 Å². The van der Waals surface area contributed by atoms with Crippen LogP contribution in [0.4, 0.5) is 4.39 Å². The van der Waals surface area contributed by atoms with Gasteiger partial charge in [-0.25, -0.2) is 4.39 Å². The average Bonchev–Trinajstić information content (AvgIpc) is 3.22. The van der Waals surface area contributed by atoms with E-state index in [-0.39, 0.29) is 40.4 Å². The number of aromatic nitrogens is 3. The number of hydrogen-bond acceptors (Lipinski definition) is 7. The molecule has 1 N–H and O–H groups in total. The fourth-order valence-corrected chi connectivity index (χ4v) is 5.07. The molecular formula is C21H18ClFN4O4S. The highest BCUT2D eigenvalue weighted by Crippen LogP contribution is 2.31. The van der Waals surface area contributed by atoms with E-state index in [0.717, 1.165) is 11.3 Å². The largest absolute Gasteiger partial charge is 0.503 e. The van der Waals surface area contributed by atoms with Crippen molar-refractivity contribution < 1.29 is 19.0 Å². The number of pyridine rings is 1. The summed E-state index contributed by atoms with van der Waals surface area (Å²) in [5.74, 6) is -1.59. The van der Waals surface area contributed by atoms with E-state index in [2.05, 4.69) is 10.2 Å². The summed E-state index contributed by atoms with van der Waals surface area (Å²) < 4.78 is 21.6. The van der Waals surface area contributed by atoms with Crippen molar-refractivity contribution in [3.63, 3.8) is 0 Å². The van der Waals surface area contributed by atoms with Crippen molar-refractivity contribution in [2.24, 2.45) is 0 Å². The number of amides is 1. The van der Waals surface area contributed by atoms with Crippen LogP contribution in [0.25, 0.3) is 10.6 Å². The van der Waals surface area contributed by atoms with E-state index in [1.165, 1.54) is 21.7 Å². The van der Waals surface area contributed by atoms with Gasteiger partial charge in [-0.3, -0.25) is 9.59 Å². The summed E-state index contributed by atoms with van der Waals surface area (Å²) in [6.07, 6.45) is 1.88. The molecule has 1 saturated heterocycles. The van der Waals surface area contributed by atoms with Crippen molar-refractivity contribution >= 4 is 28.8 Å². The number of rotatable bonds is 3. The summed E-state index contributed by atoms with van der Waals surface area (Å²) in [5, 5.41) is 19.5. The van der Waals surface area contributed by atoms with Crippen molar-refractivity contribution in [3.8, 4) is 16.3 Å². The highest BCUT2D eigenvalue weighted by atomic mass is 35.5. The highest BCUT2D eigenvalue weighted by molar-refractivity contribution is 7.14. The van der Waals surface area contributed by atoms with Gasteiger partial charge in [0.15, 0.2) is 22.7 Å². The Morgan fingerprint density at radius 2 is 2.16 bits per heavy atom. The highest BCUT2D eigenvalue weighted by Gasteiger charge is 2.39. The summed E-state index contributed by atoms with van der Waals surface area (Å²) in [4.78, 5) is 27.3. The number of halogens is 2. The van der Waals surface area contributed by atoms with Crippen LogP contribution in [0.1, 0.15) is 34.4 Å². The number of aromatic hydroxyl groups is 1. The van der Waals surface area contributed by atoms with Gasteiger partial charge in [0.05, 0.1) is 23.2 Å². The maximum atomic E-state index is 14.2. The molecule has 0 spiro atoms. The molecular weight excluding hydrogens is 459 g/mol. The number of carbonyl (C=O) groups is 1. The predicted molar refractivity (Wildman–Crippen MR) is 115 cm³/mol. The number of hydrogen-bond donors (Lipinski definition) is 1. The molecule has 0 bridgehead atoms. The van der Waals surface area contributed by atoms with Crippen LogP contribution in [-0.4, -0.2) is 49.6 Å². The number of nitrogens with zero attached hydrogens (tertiary/aromatic N) is 4. The SMILES string of the molecule is C[C@@H]1CCN2C(=O)c3c(O)c(=O)c(-c4nnc(Cc5cccc(Cl)c5F)s4)cn3CC2O1. The summed E-state index contributed by atoms with van der Waals surface area (Å²) in [7, 11) is 0. The molecule has 1 unspecified atom stereocenters. The Kier molecular flexibility index (Phi) is 5.23. The van der Waals surface area contributed by atoms with Gasteiger partial charge in [-0.05, 0) is 25.0 Å². The number of carbonyl (C=O) groups excluding carboxylic acids is 1. The van der Waals surface area contributed by atoms with E-state index in [1.54, 1.807) is 12.1 Å². The van der Waals surface area contributed by atoms with Gasteiger partial charge in [0.25, 0.3) is 5.91 Å². The molecule has 32 heavy (non-hydrogen) atoms. The minimum atomic E-state index is -0.703. The lowest BCUT2D eigenvalue weighted by Crippen LogP contribution is -2.54. The Morgan fingerprint density at radius 1 is 1.34 bits per heavy atom. The van der Waals surface area contributed by atoms with Gasteiger partial charge in [0, 0.05) is 19.2 Å². The van der Waals surface area contributed by atoms with Gasteiger partial charge in [0.1, 0.15) is 10.8 Å². The van der Waals surface area contributed by atoms with Gasteiger partial charge in [0.2, 0.25) is 5.43 Å². The molecule has 2 atom stereocenters. The van der Waals surface area contributed by atoms with Gasteiger partial charge in [-0.1, -0.05) is 35.1 Å². The van der Waals surface area contributed by atoms with Gasteiger partial charge >= 0.3 is 0 Å². The third-order valence-corrected chi connectivity index (χ3v) is 6.90. The van der Waals surface area contributed by atoms with Crippen LogP contribution in [0.15, 0.2) is 29.2 Å². The third-order valence-electron chi connectivity index (χ3n) is 5.66. The second-order valence-electron chi connectivity index (χ2n) is 7.80. The monoisotopic (exact) mass is 476 g/mol. The van der Waals surface area contributed by atoms with Crippen molar-refractivity contribution in [3.05, 3.63) is 61.7 Å². The van der Waals surface area contributed by atoms with E-state index in [1.807, 2.05) is 6.92 Å². The molecule has 1 aromatic carbocycles. The second-order valence-corrected chi connectivity index (χ2v) is 9.27. The van der Waals surface area contributed by atoms with Crippen molar-refractivity contribution in [2.45, 2.75) is 38.6 Å². The Morgan fingerprint density at radius 3 is 2.97 bits per heavy atom. The smallest absolute Gasteiger partial charge is 0.276 e. The van der Waals surface area contributed by atoms with E-state index in [9.17, 15) is 19.1 Å². The Bertz CT molecular complexity index is 1290. The molecule has 5 rings (SSSR count). The van der Waals surface area contributed by atoms with Gasteiger partial charge in [-0.15, -0.1) is 10.2 Å². The molecule has 0 saturated carbocycles. The summed E-state index contributed by atoms with van der Waals surface area (Å²) in [6, 6.07) is 4.71. The molecule has 166 valence electrons. The number of fused-ring (bicyclic) bond motifs is 2. The summed E-state index contributed by atoms with van der Waals surface area (Å²) in [6.45, 7) is 2.72. The summed E-state index contributed by atoms with van der Waals surface area (Å²) in [5.41, 5.74) is -0.281. The van der Waals surface area contributed by atoms with E-state index >= 15 is 0 Å². The topological polar surface area (TPSA) is 97.5 Å². The summed E-state index contributed by atoms with van der Waals surface area (Å²) >= 11 is 6.95. The number of ether oxygens (including phenoxy) is 1. The second kappa shape index (κ2) is 7.95. The van der Waals surface area contributed by atoms with Crippen LogP contribution in [-0.2, 0) is 17.7 Å². The van der Waals surface area contributed by atoms with Crippen LogP contribution < -0.4 is 5.43 Å². The Hall–Kier alpha value is -2.82. The molecule has 0 aliphatic carbocycles. The zero-order chi connectivity index (χ0) is 22.6. The first-order valence-corrected chi connectivity index (χ1v) is 11.2. The maximum absolute atomic E-state index is 14.2. The normalized spacial score (nSPS) is 20.2. The van der Waals surface area contributed by atoms with Crippen molar-refractivity contribution in [1.29, 1.82) is 0 Å². The Balaban J connectivity index is 1.50. The van der Waals surface area contributed by atoms with Crippen molar-refractivity contribution in [1.82, 2.24) is 19.7 Å². The quantitative estimate of drug-likeness (QED) is 0.624. The molecule has 4 heterocycles. The zero-order valence-corrected chi connectivity index (χ0v) is 18.5. The lowest BCUT2D eigenvalue weighted by Gasteiger charge is -2.42. The predicted octanol–water partition coefficient (Wildman–Crippen LogP) is 3.05. The number of benzene rings is 1. The lowest BCUT2D eigenvalue weighted by atomic mass is 10.1. The molecule has 2 aromatic heterocycles. The standard InChI is InChI=1S/C21H18ClFN4O4S/c1-10-5-6-27-15(31-10)9-26-8-12(18(28)19(29)17(26)21(27)30)20-25-24-14(32-20)7-11-3-2-4-13(22)16(11)23/h2-4,8,10,15,29H,5-7,9H2,1H3/t10-,15?/m1/s1. The molecule has 3 aromatic rings. The first kappa shape index (κ1) is 21.0. The third kappa shape index (κ3) is 3.48. The van der Waals surface area contributed by atoms with Crippen LogP contribution in [0.5, 0.6) is 5.75 Å². The van der Waals surface area contributed by atoms with Crippen LogP contribution in [0.3, 0.4) is 0 Å². The minimum absolute atomic E-state index is 0.00987. The molecule has 0 radical (unpaired) electrons. The molecule has 8 nitrogen and oxygen atoms in total. The molecule has 1 amide bonds. The van der Waals surface area contributed by atoms with Crippen LogP contribution in [0, 0.1) is 5.82 Å². The zero-order valence-electron chi connectivity index (χ0n) is 16.9. The maximum Gasteiger partial charge on any atom is 0.276 e. The fraction of sp³-hybridized carbons (Fsp3) is 0.333. The van der Waals surface area contributed by atoms with Gasteiger partial charge in [-0.2, -0.15) is 0 Å². The molecule has 2 aliphatic rings. The molecule has 2 aliphatic heterocycles. The van der Waals surface area contributed by atoms with E-state index < -0.39 is 29.1 Å².